The van der Waals surface area contributed by atoms with Gasteiger partial charge in [0, 0.05) is 57.4 Å². The Labute approximate surface area is 162 Å². The van der Waals surface area contributed by atoms with Crippen LogP contribution in [0.15, 0.2) is 23.1 Å². The molecule has 0 bridgehead atoms. The third-order valence-electron chi connectivity index (χ3n) is 6.44. The van der Waals surface area contributed by atoms with E-state index in [-0.39, 0.29) is 22.3 Å². The van der Waals surface area contributed by atoms with Crippen LogP contribution in [-0.4, -0.2) is 54.6 Å². The van der Waals surface area contributed by atoms with E-state index in [2.05, 4.69) is 5.32 Å². The zero-order valence-electron chi connectivity index (χ0n) is 16.1. The number of carbonyl (C=O) groups is 1. The molecule has 0 radical (unpaired) electrons. The average molecular weight is 384 g/mol. The van der Waals surface area contributed by atoms with Gasteiger partial charge >= 0.3 is 0 Å². The van der Waals surface area contributed by atoms with Crippen molar-refractivity contribution in [2.24, 2.45) is 11.8 Å². The third kappa shape index (κ3) is 2.80. The molecule has 2 saturated heterocycles. The second kappa shape index (κ2) is 6.58. The molecule has 7 heteroatoms. The number of hydrogen-bond donors (Lipinski definition) is 1. The van der Waals surface area contributed by atoms with Crippen LogP contribution in [0.3, 0.4) is 0 Å². The number of piperidine rings is 1. The molecule has 28 heavy (non-hydrogen) atoms. The summed E-state index contributed by atoms with van der Waals surface area (Å²) in [5.41, 5.74) is 0.999. The second-order valence-corrected chi connectivity index (χ2v) is 8.18. The van der Waals surface area contributed by atoms with Gasteiger partial charge in [0.1, 0.15) is 11.4 Å². The molecule has 5 rings (SSSR count). The maximum absolute atomic E-state index is 14.9. The third-order valence-corrected chi connectivity index (χ3v) is 6.44. The van der Waals surface area contributed by atoms with Crippen LogP contribution in [0.25, 0.3) is 10.9 Å². The van der Waals surface area contributed by atoms with E-state index in [0.29, 0.717) is 29.6 Å². The number of carbonyl (C=O) groups excluding carboxylic acids is 1. The Morgan fingerprint density at radius 3 is 2.61 bits per heavy atom. The summed E-state index contributed by atoms with van der Waals surface area (Å²) in [5, 5.41) is 3.55. The van der Waals surface area contributed by atoms with Crippen LogP contribution in [0.5, 0.6) is 0 Å². The number of rotatable bonds is 3. The molecule has 3 heterocycles. The van der Waals surface area contributed by atoms with Gasteiger partial charge in [-0.2, -0.15) is 0 Å². The molecule has 2 unspecified atom stereocenters. The van der Waals surface area contributed by atoms with Crippen LogP contribution in [0.4, 0.5) is 10.1 Å². The van der Waals surface area contributed by atoms with Crippen LogP contribution in [0.2, 0.25) is 0 Å². The summed E-state index contributed by atoms with van der Waals surface area (Å²) in [7, 11) is 0. The molecule has 1 saturated carbocycles. The molecule has 1 amide bonds. The fourth-order valence-corrected chi connectivity index (χ4v) is 4.70. The van der Waals surface area contributed by atoms with Crippen molar-refractivity contribution >= 4 is 22.5 Å². The number of amides is 1. The van der Waals surface area contributed by atoms with Crippen LogP contribution >= 0.6 is 0 Å². The van der Waals surface area contributed by atoms with Gasteiger partial charge in [0.25, 0.3) is 5.91 Å². The van der Waals surface area contributed by atoms with E-state index in [1.54, 1.807) is 17.2 Å². The fourth-order valence-electron chi connectivity index (χ4n) is 4.70. The van der Waals surface area contributed by atoms with Gasteiger partial charge in [0.05, 0.1) is 11.2 Å². The summed E-state index contributed by atoms with van der Waals surface area (Å²) in [6.07, 6.45) is 2.86. The summed E-state index contributed by atoms with van der Waals surface area (Å²) in [5.74, 6) is 0.600. The largest absolute Gasteiger partial charge is 0.367 e. The van der Waals surface area contributed by atoms with Crippen molar-refractivity contribution < 1.29 is 9.18 Å². The molecule has 1 N–H and O–H groups in total. The monoisotopic (exact) mass is 384 g/mol. The minimum atomic E-state index is -0.402. The highest BCUT2D eigenvalue weighted by Gasteiger charge is 2.47. The molecule has 3 fully saturated rings. The average Bonchev–Trinajstić information content (AvgIpc) is 3.33. The lowest BCUT2D eigenvalue weighted by atomic mass is 10.1. The molecule has 1 aromatic carbocycles. The number of halogens is 1. The van der Waals surface area contributed by atoms with Gasteiger partial charge in [-0.1, -0.05) is 0 Å². The van der Waals surface area contributed by atoms with E-state index < -0.39 is 5.82 Å². The smallest absolute Gasteiger partial charge is 0.259 e. The Bertz CT molecular complexity index is 1000. The molecule has 3 aliphatic rings. The highest BCUT2D eigenvalue weighted by Crippen LogP contribution is 2.45. The van der Waals surface area contributed by atoms with Crippen molar-refractivity contribution in [1.82, 2.24) is 14.8 Å². The fraction of sp³-hybridized carbons (Fsp3) is 0.524. The van der Waals surface area contributed by atoms with Gasteiger partial charge in [-0.25, -0.2) is 4.39 Å². The lowest BCUT2D eigenvalue weighted by Gasteiger charge is -2.30. The van der Waals surface area contributed by atoms with Gasteiger partial charge in [0.2, 0.25) is 5.43 Å². The molecule has 2 aromatic rings. The molecule has 0 spiro atoms. The van der Waals surface area contributed by atoms with Crippen LogP contribution in [-0.2, 0) is 6.54 Å². The quantitative estimate of drug-likeness (QED) is 0.875. The Balaban J connectivity index is 1.59. The van der Waals surface area contributed by atoms with E-state index in [1.807, 2.05) is 16.4 Å². The van der Waals surface area contributed by atoms with E-state index in [4.69, 9.17) is 0 Å². The first-order valence-electron chi connectivity index (χ1n) is 10.2. The second-order valence-electron chi connectivity index (χ2n) is 8.18. The summed E-state index contributed by atoms with van der Waals surface area (Å²) < 4.78 is 16.8. The summed E-state index contributed by atoms with van der Waals surface area (Å²) in [6.45, 7) is 7.13. The highest BCUT2D eigenvalue weighted by atomic mass is 19.1. The predicted octanol–water partition coefficient (Wildman–Crippen LogP) is 1.66. The van der Waals surface area contributed by atoms with Crippen molar-refractivity contribution in [2.45, 2.75) is 19.9 Å². The summed E-state index contributed by atoms with van der Waals surface area (Å²) >= 11 is 0. The number of nitrogens with zero attached hydrogens (tertiary/aromatic N) is 3. The van der Waals surface area contributed by atoms with E-state index in [9.17, 15) is 14.0 Å². The number of aromatic nitrogens is 1. The van der Waals surface area contributed by atoms with Crippen molar-refractivity contribution in [3.05, 3.63) is 39.9 Å². The molecule has 6 nitrogen and oxygen atoms in total. The van der Waals surface area contributed by atoms with Crippen LogP contribution in [0, 0.1) is 17.7 Å². The summed E-state index contributed by atoms with van der Waals surface area (Å²) in [6, 6.07) is 3.08. The molecule has 1 aliphatic carbocycles. The Morgan fingerprint density at radius 1 is 1.21 bits per heavy atom. The van der Waals surface area contributed by atoms with E-state index >= 15 is 0 Å². The first kappa shape index (κ1) is 17.7. The normalized spacial score (nSPS) is 23.9. The Hall–Kier alpha value is -2.41. The first-order valence-corrected chi connectivity index (χ1v) is 10.2. The number of aryl methyl sites for hydroxylation is 1. The van der Waals surface area contributed by atoms with Crippen molar-refractivity contribution in [3.8, 4) is 0 Å². The predicted molar refractivity (Wildman–Crippen MR) is 106 cm³/mol. The topological polar surface area (TPSA) is 57.6 Å². The zero-order valence-corrected chi connectivity index (χ0v) is 16.1. The van der Waals surface area contributed by atoms with Crippen molar-refractivity contribution in [1.29, 1.82) is 0 Å². The van der Waals surface area contributed by atoms with Gasteiger partial charge in [0.15, 0.2) is 0 Å². The number of benzene rings is 1. The van der Waals surface area contributed by atoms with Crippen LogP contribution < -0.4 is 15.6 Å². The number of nitrogens with one attached hydrogen (secondary N) is 1. The van der Waals surface area contributed by atoms with E-state index in [1.165, 1.54) is 12.5 Å². The SMILES string of the molecule is CCn1cc(C(=O)N2CC3CC3C2)c(=O)c2cc(F)c(N3CCNCC3)cc21. The number of fused-ring (bicyclic) bond motifs is 2. The maximum Gasteiger partial charge on any atom is 0.259 e. The minimum Gasteiger partial charge on any atom is -0.367 e. The zero-order chi connectivity index (χ0) is 19.4. The molecular formula is C21H25FN4O2. The van der Waals surface area contributed by atoms with Gasteiger partial charge in [-0.3, -0.25) is 9.59 Å². The lowest BCUT2D eigenvalue weighted by Crippen LogP contribution is -2.44. The number of hydrogen-bond acceptors (Lipinski definition) is 4. The standard InChI is InChI=1S/C21H25FN4O2/c1-2-24-12-16(21(28)26-10-13-7-14(13)11-26)20(27)15-8-17(22)19(9-18(15)24)25-5-3-23-4-6-25/h8-9,12-14,23H,2-7,10-11H2,1H3. The number of pyridine rings is 1. The van der Waals surface area contributed by atoms with Crippen molar-refractivity contribution in [2.75, 3.05) is 44.2 Å². The van der Waals surface area contributed by atoms with E-state index in [0.717, 1.165) is 39.3 Å². The van der Waals surface area contributed by atoms with Gasteiger partial charge in [-0.05, 0) is 37.3 Å². The minimum absolute atomic E-state index is 0.157. The molecule has 2 atom stereocenters. The molecular weight excluding hydrogens is 359 g/mol. The maximum atomic E-state index is 14.9. The first-order chi connectivity index (χ1) is 13.6. The number of likely N-dealkylation sites (tertiary alicyclic amines) is 1. The van der Waals surface area contributed by atoms with Crippen LogP contribution in [0.1, 0.15) is 23.7 Å². The molecule has 148 valence electrons. The Kier molecular flexibility index (Phi) is 4.16. The number of anilines is 1. The highest BCUT2D eigenvalue weighted by molar-refractivity contribution is 5.98. The lowest BCUT2D eigenvalue weighted by molar-refractivity contribution is 0.0773. The summed E-state index contributed by atoms with van der Waals surface area (Å²) in [4.78, 5) is 29.8. The molecule has 2 aliphatic heterocycles. The Morgan fingerprint density at radius 2 is 1.93 bits per heavy atom. The van der Waals surface area contributed by atoms with Gasteiger partial charge in [-0.15, -0.1) is 0 Å². The number of piperazine rings is 1. The van der Waals surface area contributed by atoms with Gasteiger partial charge < -0.3 is 19.7 Å². The van der Waals surface area contributed by atoms with Crippen molar-refractivity contribution in [3.63, 3.8) is 0 Å². The molecule has 1 aromatic heterocycles.